The van der Waals surface area contributed by atoms with Gasteiger partial charge in [0.1, 0.15) is 6.61 Å². The molecule has 0 aromatic heterocycles. The smallest absolute Gasteiger partial charge is 0.372 e. The highest BCUT2D eigenvalue weighted by atomic mass is 19.4. The number of nitrogens with zero attached hydrogens (tertiary/aromatic N) is 1. The van der Waals surface area contributed by atoms with Crippen molar-refractivity contribution < 1.29 is 17.9 Å². The van der Waals surface area contributed by atoms with Crippen LogP contribution in [0.15, 0.2) is 0 Å². The molecule has 2 atom stereocenters. The summed E-state index contributed by atoms with van der Waals surface area (Å²) in [5, 5.41) is 0. The van der Waals surface area contributed by atoms with E-state index in [2.05, 4.69) is 16.6 Å². The van der Waals surface area contributed by atoms with Gasteiger partial charge in [-0.15, -0.1) is 0 Å². The molecular weight excluding hydrogens is 269 g/mol. The van der Waals surface area contributed by atoms with Crippen LogP contribution in [0.3, 0.4) is 0 Å². The first-order valence-corrected chi connectivity index (χ1v) is 7.35. The lowest BCUT2D eigenvalue weighted by Gasteiger charge is -2.46. The van der Waals surface area contributed by atoms with Crippen LogP contribution in [-0.4, -0.2) is 50.0 Å². The highest BCUT2D eigenvalue weighted by molar-refractivity contribution is 4.94. The Morgan fingerprint density at radius 2 is 2.10 bits per heavy atom. The summed E-state index contributed by atoms with van der Waals surface area (Å²) in [6, 6.07) is 0. The summed E-state index contributed by atoms with van der Waals surface area (Å²) < 4.78 is 40.5. The lowest BCUT2D eigenvalue weighted by atomic mass is 9.75. The molecule has 0 radical (unpaired) electrons. The SMILES string of the molecule is CC1CCCC(CN)(N(C)CCCOCC(F)(F)F)C1. The summed E-state index contributed by atoms with van der Waals surface area (Å²) in [5.74, 6) is 0.663. The van der Waals surface area contributed by atoms with Crippen molar-refractivity contribution in [3.63, 3.8) is 0 Å². The third-order valence-electron chi connectivity index (χ3n) is 4.31. The summed E-state index contributed by atoms with van der Waals surface area (Å²) >= 11 is 0. The Kier molecular flexibility index (Phi) is 6.75. The number of ether oxygens (including phenoxy) is 1. The van der Waals surface area contributed by atoms with Gasteiger partial charge in [-0.1, -0.05) is 19.8 Å². The third-order valence-corrected chi connectivity index (χ3v) is 4.31. The number of hydrogen-bond donors (Lipinski definition) is 1. The number of rotatable bonds is 7. The lowest BCUT2D eigenvalue weighted by Crippen LogP contribution is -2.54. The molecule has 120 valence electrons. The molecule has 0 amide bonds. The van der Waals surface area contributed by atoms with Gasteiger partial charge in [0.2, 0.25) is 0 Å². The summed E-state index contributed by atoms with van der Waals surface area (Å²) in [6.45, 7) is 2.55. The van der Waals surface area contributed by atoms with Gasteiger partial charge in [0.05, 0.1) is 0 Å². The van der Waals surface area contributed by atoms with E-state index < -0.39 is 12.8 Å². The largest absolute Gasteiger partial charge is 0.411 e. The minimum atomic E-state index is -4.23. The van der Waals surface area contributed by atoms with E-state index in [1.807, 2.05) is 7.05 Å². The Morgan fingerprint density at radius 3 is 2.65 bits per heavy atom. The van der Waals surface area contributed by atoms with Crippen molar-refractivity contribution >= 4 is 0 Å². The normalized spacial score (nSPS) is 28.1. The second-order valence-electron chi connectivity index (χ2n) is 6.07. The number of likely N-dealkylation sites (N-methyl/N-ethyl adjacent to an activating group) is 1. The zero-order valence-corrected chi connectivity index (χ0v) is 12.5. The van der Waals surface area contributed by atoms with Crippen LogP contribution in [0, 0.1) is 5.92 Å². The van der Waals surface area contributed by atoms with Crippen LogP contribution in [0.2, 0.25) is 0 Å². The highest BCUT2D eigenvalue weighted by Crippen LogP contribution is 2.35. The molecule has 0 aromatic rings. The van der Waals surface area contributed by atoms with Gasteiger partial charge < -0.3 is 10.5 Å². The molecule has 3 nitrogen and oxygen atoms in total. The molecule has 0 aliphatic heterocycles. The van der Waals surface area contributed by atoms with Crippen LogP contribution in [-0.2, 0) is 4.74 Å². The summed E-state index contributed by atoms with van der Waals surface area (Å²) in [6.07, 6.45) is 0.931. The van der Waals surface area contributed by atoms with Gasteiger partial charge in [0, 0.05) is 25.2 Å². The Labute approximate surface area is 119 Å². The molecule has 0 saturated heterocycles. The molecule has 6 heteroatoms. The fraction of sp³-hybridized carbons (Fsp3) is 1.00. The van der Waals surface area contributed by atoms with Gasteiger partial charge in [-0.3, -0.25) is 4.90 Å². The Morgan fingerprint density at radius 1 is 1.40 bits per heavy atom. The molecule has 1 saturated carbocycles. The molecule has 0 heterocycles. The van der Waals surface area contributed by atoms with Crippen molar-refractivity contribution in [1.29, 1.82) is 0 Å². The number of hydrogen-bond acceptors (Lipinski definition) is 3. The molecule has 0 bridgehead atoms. The van der Waals surface area contributed by atoms with E-state index in [9.17, 15) is 13.2 Å². The molecule has 1 rings (SSSR count). The van der Waals surface area contributed by atoms with Gasteiger partial charge in [-0.05, 0) is 32.2 Å². The Balaban J connectivity index is 2.31. The van der Waals surface area contributed by atoms with Gasteiger partial charge in [0.25, 0.3) is 0 Å². The van der Waals surface area contributed by atoms with E-state index in [4.69, 9.17) is 5.73 Å². The zero-order valence-electron chi connectivity index (χ0n) is 12.5. The maximum Gasteiger partial charge on any atom is 0.411 e. The van der Waals surface area contributed by atoms with Gasteiger partial charge in [0.15, 0.2) is 0 Å². The molecule has 1 aliphatic rings. The molecule has 1 fully saturated rings. The molecule has 2 unspecified atom stereocenters. The average Bonchev–Trinajstić information content (AvgIpc) is 2.36. The van der Waals surface area contributed by atoms with Crippen LogP contribution in [0.25, 0.3) is 0 Å². The van der Waals surface area contributed by atoms with Crippen LogP contribution < -0.4 is 5.73 Å². The van der Waals surface area contributed by atoms with E-state index in [1.54, 1.807) is 0 Å². The van der Waals surface area contributed by atoms with Crippen LogP contribution in [0.5, 0.6) is 0 Å². The van der Waals surface area contributed by atoms with Crippen LogP contribution in [0.4, 0.5) is 13.2 Å². The fourth-order valence-electron chi connectivity index (χ4n) is 3.15. The first-order valence-electron chi connectivity index (χ1n) is 7.35. The van der Waals surface area contributed by atoms with Crippen molar-refractivity contribution in [2.45, 2.75) is 50.7 Å². The topological polar surface area (TPSA) is 38.5 Å². The molecular formula is C14H27F3N2O. The van der Waals surface area contributed by atoms with E-state index in [0.717, 1.165) is 19.4 Å². The monoisotopic (exact) mass is 296 g/mol. The van der Waals surface area contributed by atoms with Crippen molar-refractivity contribution in [2.75, 3.05) is 33.4 Å². The summed E-state index contributed by atoms with van der Waals surface area (Å²) in [5.41, 5.74) is 5.98. The lowest BCUT2D eigenvalue weighted by molar-refractivity contribution is -0.174. The van der Waals surface area contributed by atoms with E-state index >= 15 is 0 Å². The second kappa shape index (κ2) is 7.61. The zero-order chi connectivity index (χ0) is 15.2. The predicted octanol–water partition coefficient (Wildman–Crippen LogP) is 2.79. The minimum absolute atomic E-state index is 0.0156. The molecule has 0 spiro atoms. The van der Waals surface area contributed by atoms with Gasteiger partial charge in [-0.2, -0.15) is 13.2 Å². The maximum absolute atomic E-state index is 11.9. The molecule has 20 heavy (non-hydrogen) atoms. The number of halogens is 3. The van der Waals surface area contributed by atoms with Crippen LogP contribution in [0.1, 0.15) is 39.0 Å². The van der Waals surface area contributed by atoms with Gasteiger partial charge in [-0.25, -0.2) is 0 Å². The average molecular weight is 296 g/mol. The van der Waals surface area contributed by atoms with Gasteiger partial charge >= 0.3 is 6.18 Å². The second-order valence-corrected chi connectivity index (χ2v) is 6.07. The molecule has 1 aliphatic carbocycles. The standard InChI is InChI=1S/C14H27F3N2O/c1-12-5-3-6-13(9-12,10-18)19(2)7-4-8-20-11-14(15,16)17/h12H,3-11,18H2,1-2H3. The third kappa shape index (κ3) is 5.58. The highest BCUT2D eigenvalue weighted by Gasteiger charge is 2.36. The van der Waals surface area contributed by atoms with Crippen molar-refractivity contribution in [3.05, 3.63) is 0 Å². The van der Waals surface area contributed by atoms with Crippen LogP contribution >= 0.6 is 0 Å². The first-order chi connectivity index (χ1) is 9.29. The quantitative estimate of drug-likeness (QED) is 0.734. The Bertz CT molecular complexity index is 286. The summed E-state index contributed by atoms with van der Waals surface area (Å²) in [7, 11) is 2.02. The van der Waals surface area contributed by atoms with E-state index in [1.165, 1.54) is 12.8 Å². The molecule has 0 aromatic carbocycles. The Hall–Kier alpha value is -0.330. The number of nitrogens with two attached hydrogens (primary N) is 1. The van der Waals surface area contributed by atoms with Crippen molar-refractivity contribution in [3.8, 4) is 0 Å². The van der Waals surface area contributed by atoms with Crippen molar-refractivity contribution in [1.82, 2.24) is 4.90 Å². The minimum Gasteiger partial charge on any atom is -0.372 e. The predicted molar refractivity (Wildman–Crippen MR) is 73.5 cm³/mol. The summed E-state index contributed by atoms with van der Waals surface area (Å²) in [4.78, 5) is 2.22. The fourth-order valence-corrected chi connectivity index (χ4v) is 3.15. The first kappa shape index (κ1) is 17.7. The van der Waals surface area contributed by atoms with E-state index in [-0.39, 0.29) is 12.1 Å². The number of alkyl halides is 3. The van der Waals surface area contributed by atoms with Crippen molar-refractivity contribution in [2.24, 2.45) is 11.7 Å². The van der Waals surface area contributed by atoms with E-state index in [0.29, 0.717) is 18.9 Å². The molecule has 2 N–H and O–H groups in total. The maximum atomic E-state index is 11.9.